The highest BCUT2D eigenvalue weighted by Crippen LogP contribution is 2.40. The molecular formula is C27H26FN3O3. The van der Waals surface area contributed by atoms with Crippen molar-refractivity contribution in [1.82, 2.24) is 9.55 Å². The maximum Gasteiger partial charge on any atom is 0.303 e. The average molecular weight is 460 g/mol. The van der Waals surface area contributed by atoms with Crippen LogP contribution in [-0.4, -0.2) is 21.6 Å². The fourth-order valence-electron chi connectivity index (χ4n) is 4.61. The molecular weight excluding hydrogens is 433 g/mol. The third-order valence-electron chi connectivity index (χ3n) is 6.28. The number of esters is 1. The molecule has 174 valence electrons. The Morgan fingerprint density at radius 3 is 2.79 bits per heavy atom. The van der Waals surface area contributed by atoms with Gasteiger partial charge in [0.1, 0.15) is 23.5 Å². The standard InChI is InChI=1S/C27H26FN3O3/c1-15-19(6-5-7-24(15)31-17(3)30-23-12-20(28)8-11-25(23)31)14-29-21-9-10-22-26(13-21)33-16(2)27(22)34-18(4)32/h5-13,16,27,29H,14H2,1-4H3/t16?,27-/m1/s1. The first kappa shape index (κ1) is 21.9. The summed E-state index contributed by atoms with van der Waals surface area (Å²) in [5.41, 5.74) is 6.57. The summed E-state index contributed by atoms with van der Waals surface area (Å²) in [5, 5.41) is 3.47. The lowest BCUT2D eigenvalue weighted by atomic mass is 10.1. The third-order valence-corrected chi connectivity index (χ3v) is 6.28. The normalized spacial score (nSPS) is 16.9. The highest BCUT2D eigenvalue weighted by Gasteiger charge is 2.33. The molecule has 0 spiro atoms. The minimum Gasteiger partial charge on any atom is -0.486 e. The van der Waals surface area contributed by atoms with Crippen LogP contribution in [0.4, 0.5) is 10.1 Å². The van der Waals surface area contributed by atoms with Crippen LogP contribution in [0, 0.1) is 19.7 Å². The van der Waals surface area contributed by atoms with E-state index < -0.39 is 0 Å². The summed E-state index contributed by atoms with van der Waals surface area (Å²) < 4.78 is 27.1. The van der Waals surface area contributed by atoms with Gasteiger partial charge in [0.25, 0.3) is 0 Å². The molecule has 7 heteroatoms. The van der Waals surface area contributed by atoms with Gasteiger partial charge in [-0.05, 0) is 62.2 Å². The first-order valence-electron chi connectivity index (χ1n) is 11.3. The summed E-state index contributed by atoms with van der Waals surface area (Å²) in [6.07, 6.45) is -0.614. The number of aryl methyl sites for hydroxylation is 1. The number of imidazole rings is 1. The minimum absolute atomic E-state index is 0.227. The quantitative estimate of drug-likeness (QED) is 0.383. The van der Waals surface area contributed by atoms with E-state index in [1.807, 2.05) is 38.1 Å². The van der Waals surface area contributed by atoms with E-state index in [9.17, 15) is 9.18 Å². The van der Waals surface area contributed by atoms with Crippen molar-refractivity contribution in [3.63, 3.8) is 0 Å². The number of fused-ring (bicyclic) bond motifs is 2. The largest absolute Gasteiger partial charge is 0.486 e. The van der Waals surface area contributed by atoms with Crippen molar-refractivity contribution in [2.24, 2.45) is 0 Å². The molecule has 0 amide bonds. The molecule has 2 atom stereocenters. The predicted molar refractivity (Wildman–Crippen MR) is 129 cm³/mol. The van der Waals surface area contributed by atoms with E-state index in [2.05, 4.69) is 33.9 Å². The molecule has 2 heterocycles. The van der Waals surface area contributed by atoms with Crippen LogP contribution in [0.1, 0.15) is 42.5 Å². The highest BCUT2D eigenvalue weighted by molar-refractivity contribution is 5.79. The second-order valence-corrected chi connectivity index (χ2v) is 8.65. The molecule has 6 nitrogen and oxygen atoms in total. The molecule has 5 rings (SSSR count). The van der Waals surface area contributed by atoms with Crippen LogP contribution < -0.4 is 10.1 Å². The molecule has 0 fully saturated rings. The summed E-state index contributed by atoms with van der Waals surface area (Å²) in [7, 11) is 0. The van der Waals surface area contributed by atoms with Crippen LogP contribution in [0.25, 0.3) is 16.7 Å². The summed E-state index contributed by atoms with van der Waals surface area (Å²) in [6.45, 7) is 7.92. The monoisotopic (exact) mass is 459 g/mol. The van der Waals surface area contributed by atoms with Crippen LogP contribution >= 0.6 is 0 Å². The smallest absolute Gasteiger partial charge is 0.303 e. The summed E-state index contributed by atoms with van der Waals surface area (Å²) >= 11 is 0. The summed E-state index contributed by atoms with van der Waals surface area (Å²) in [4.78, 5) is 16.0. The maximum absolute atomic E-state index is 13.7. The zero-order chi connectivity index (χ0) is 24.0. The number of aromatic nitrogens is 2. The van der Waals surface area contributed by atoms with Gasteiger partial charge in [-0.25, -0.2) is 9.37 Å². The molecule has 1 aromatic heterocycles. The van der Waals surface area contributed by atoms with E-state index in [0.717, 1.165) is 45.2 Å². The van der Waals surface area contributed by atoms with Gasteiger partial charge in [-0.2, -0.15) is 0 Å². The second kappa shape index (κ2) is 8.48. The number of nitrogens with one attached hydrogen (secondary N) is 1. The zero-order valence-corrected chi connectivity index (χ0v) is 19.6. The number of carbonyl (C=O) groups is 1. The Balaban J connectivity index is 1.40. The molecule has 0 radical (unpaired) electrons. The molecule has 1 aliphatic rings. The molecule has 0 saturated heterocycles. The lowest BCUT2D eigenvalue weighted by Crippen LogP contribution is -2.18. The lowest BCUT2D eigenvalue weighted by molar-refractivity contribution is -0.149. The topological polar surface area (TPSA) is 65.4 Å². The van der Waals surface area contributed by atoms with Gasteiger partial charge >= 0.3 is 5.97 Å². The lowest BCUT2D eigenvalue weighted by Gasteiger charge is -2.16. The average Bonchev–Trinajstić information content (AvgIpc) is 3.27. The molecule has 0 saturated carbocycles. The molecule has 0 aliphatic carbocycles. The fraction of sp³-hybridized carbons (Fsp3) is 0.259. The van der Waals surface area contributed by atoms with Gasteiger partial charge in [0.05, 0.1) is 16.7 Å². The van der Waals surface area contributed by atoms with E-state index in [-0.39, 0.29) is 24.0 Å². The third kappa shape index (κ3) is 3.87. The van der Waals surface area contributed by atoms with Crippen LogP contribution in [-0.2, 0) is 16.1 Å². The molecule has 1 unspecified atom stereocenters. The van der Waals surface area contributed by atoms with E-state index in [0.29, 0.717) is 12.1 Å². The Labute approximate surface area is 197 Å². The van der Waals surface area contributed by atoms with Crippen molar-refractivity contribution >= 4 is 22.7 Å². The second-order valence-electron chi connectivity index (χ2n) is 8.65. The van der Waals surface area contributed by atoms with E-state index in [4.69, 9.17) is 9.47 Å². The number of hydrogen-bond donors (Lipinski definition) is 1. The van der Waals surface area contributed by atoms with E-state index >= 15 is 0 Å². The molecule has 34 heavy (non-hydrogen) atoms. The Morgan fingerprint density at radius 1 is 1.18 bits per heavy atom. The molecule has 1 aliphatic heterocycles. The van der Waals surface area contributed by atoms with Gasteiger partial charge in [-0.1, -0.05) is 12.1 Å². The first-order valence-corrected chi connectivity index (χ1v) is 11.3. The van der Waals surface area contributed by atoms with E-state index in [1.54, 1.807) is 6.07 Å². The summed E-state index contributed by atoms with van der Waals surface area (Å²) in [6, 6.07) is 16.7. The Hall–Kier alpha value is -3.87. The van der Waals surface area contributed by atoms with E-state index in [1.165, 1.54) is 19.1 Å². The number of benzene rings is 3. The molecule has 0 bridgehead atoms. The number of hydrogen-bond acceptors (Lipinski definition) is 5. The number of nitrogens with zero attached hydrogens (tertiary/aromatic N) is 2. The van der Waals surface area contributed by atoms with Crippen LogP contribution in [0.15, 0.2) is 54.6 Å². The van der Waals surface area contributed by atoms with Crippen molar-refractivity contribution in [3.8, 4) is 11.4 Å². The Kier molecular flexibility index (Phi) is 5.48. The van der Waals surface area contributed by atoms with Gasteiger partial charge in [-0.3, -0.25) is 9.36 Å². The zero-order valence-electron chi connectivity index (χ0n) is 19.6. The summed E-state index contributed by atoms with van der Waals surface area (Å²) in [5.74, 6) is 0.915. The number of halogens is 1. The molecule has 3 aromatic carbocycles. The van der Waals surface area contributed by atoms with Crippen molar-refractivity contribution in [2.75, 3.05) is 5.32 Å². The Bertz CT molecular complexity index is 1410. The maximum atomic E-state index is 13.7. The van der Waals surface area contributed by atoms with Crippen LogP contribution in [0.2, 0.25) is 0 Å². The van der Waals surface area contributed by atoms with Gasteiger partial charge in [0.15, 0.2) is 6.10 Å². The SMILES string of the molecule is CC(=O)O[C@H]1c2ccc(NCc3cccc(-n4c(C)nc5cc(F)ccc54)c3C)cc2OC1C. The fourth-order valence-corrected chi connectivity index (χ4v) is 4.61. The van der Waals surface area contributed by atoms with Crippen molar-refractivity contribution in [2.45, 2.75) is 46.4 Å². The van der Waals surface area contributed by atoms with Crippen LogP contribution in [0.3, 0.4) is 0 Å². The van der Waals surface area contributed by atoms with Crippen molar-refractivity contribution in [3.05, 3.63) is 82.9 Å². The number of anilines is 1. The first-order chi connectivity index (χ1) is 16.3. The predicted octanol–water partition coefficient (Wildman–Crippen LogP) is 5.78. The van der Waals surface area contributed by atoms with Gasteiger partial charge < -0.3 is 14.8 Å². The van der Waals surface area contributed by atoms with Crippen LogP contribution in [0.5, 0.6) is 5.75 Å². The van der Waals surface area contributed by atoms with Crippen molar-refractivity contribution in [1.29, 1.82) is 0 Å². The minimum atomic E-state index is -0.387. The van der Waals surface area contributed by atoms with Gasteiger partial charge in [0, 0.05) is 36.9 Å². The number of rotatable bonds is 5. The number of ether oxygens (including phenoxy) is 2. The van der Waals surface area contributed by atoms with Crippen molar-refractivity contribution < 1.29 is 18.7 Å². The van der Waals surface area contributed by atoms with Gasteiger partial charge in [0.2, 0.25) is 0 Å². The molecule has 1 N–H and O–H groups in total. The Morgan fingerprint density at radius 2 is 2.00 bits per heavy atom. The number of carbonyl (C=O) groups excluding carboxylic acids is 1. The molecule has 4 aromatic rings. The highest BCUT2D eigenvalue weighted by atomic mass is 19.1. The van der Waals surface area contributed by atoms with Gasteiger partial charge in [-0.15, -0.1) is 0 Å².